The minimum absolute atomic E-state index is 0. The average Bonchev–Trinajstić information content (AvgIpc) is 3.25. The lowest BCUT2D eigenvalue weighted by Gasteiger charge is -2.21. The lowest BCUT2D eigenvalue weighted by Crippen LogP contribution is -2.34. The van der Waals surface area contributed by atoms with Gasteiger partial charge in [-0.05, 0) is 40.1 Å². The predicted molar refractivity (Wildman–Crippen MR) is 97.5 cm³/mol. The summed E-state index contributed by atoms with van der Waals surface area (Å²) in [4.78, 5) is 2.19. The Bertz CT molecular complexity index is 785. The van der Waals surface area contributed by atoms with E-state index in [0.717, 1.165) is 25.5 Å². The largest absolute Gasteiger partial charge is 0.338 e. The molecule has 0 spiro atoms. The Labute approximate surface area is 147 Å². The number of tetrazole rings is 1. The molecule has 0 radical (unpaired) electrons. The molecule has 0 bridgehead atoms. The normalized spacial score (nSPS) is 18.5. The minimum atomic E-state index is 0. The molecule has 126 valence electrons. The van der Waals surface area contributed by atoms with Crippen molar-refractivity contribution in [2.24, 2.45) is 0 Å². The Balaban J connectivity index is 0.00000169. The minimum Gasteiger partial charge on any atom is -0.338 e. The van der Waals surface area contributed by atoms with Crippen molar-refractivity contribution in [2.75, 3.05) is 18.0 Å². The molecule has 1 saturated heterocycles. The highest BCUT2D eigenvalue weighted by Gasteiger charge is 2.26. The third-order valence-corrected chi connectivity index (χ3v) is 4.60. The summed E-state index contributed by atoms with van der Waals surface area (Å²) in [6.07, 6.45) is 1.09. The van der Waals surface area contributed by atoms with Gasteiger partial charge in [-0.1, -0.05) is 47.6 Å². The number of hydrogen-bond acceptors (Lipinski definition) is 5. The summed E-state index contributed by atoms with van der Waals surface area (Å²) in [6.45, 7) is 4.13. The number of nitrogens with zero attached hydrogens (tertiary/aromatic N) is 4. The Morgan fingerprint density at radius 2 is 2.04 bits per heavy atom. The van der Waals surface area contributed by atoms with Gasteiger partial charge in [0.25, 0.3) is 0 Å². The number of aromatic amines is 1. The first-order valence-electron chi connectivity index (χ1n) is 8.03. The van der Waals surface area contributed by atoms with Gasteiger partial charge in [-0.15, -0.1) is 12.4 Å². The van der Waals surface area contributed by atoms with Crippen molar-refractivity contribution in [3.8, 4) is 0 Å². The van der Waals surface area contributed by atoms with Crippen LogP contribution in [0.15, 0.2) is 42.5 Å². The SMILES string of the molecule is C[C@@H](N[C@H]1CCN(c2nnn[nH]2)C1)c1cccc2ccccc12.Cl. The quantitative estimate of drug-likeness (QED) is 0.761. The fraction of sp³-hybridized carbons (Fsp3) is 0.353. The van der Waals surface area contributed by atoms with Crippen LogP contribution in [0.4, 0.5) is 5.95 Å². The number of nitrogens with one attached hydrogen (secondary N) is 2. The molecule has 1 aliphatic heterocycles. The standard InChI is InChI=1S/C17H20N6.ClH/c1-12(15-8-4-6-13-5-2-3-7-16(13)15)18-14-9-10-23(11-14)17-19-21-22-20-17;/h2-8,12,14,18H,9-11H2,1H3,(H,19,20,21,22);1H/t12-,14+;/m1./s1. The van der Waals surface area contributed by atoms with Crippen LogP contribution in [-0.2, 0) is 0 Å². The second-order valence-electron chi connectivity index (χ2n) is 6.11. The molecule has 0 amide bonds. The van der Waals surface area contributed by atoms with E-state index in [1.165, 1.54) is 16.3 Å². The molecule has 2 heterocycles. The molecule has 1 aliphatic rings. The Morgan fingerprint density at radius 3 is 2.88 bits per heavy atom. The zero-order chi connectivity index (χ0) is 15.6. The van der Waals surface area contributed by atoms with Crippen LogP contribution in [0.3, 0.4) is 0 Å². The Hall–Kier alpha value is -2.18. The van der Waals surface area contributed by atoms with Crippen molar-refractivity contribution in [1.29, 1.82) is 0 Å². The number of fused-ring (bicyclic) bond motifs is 1. The molecule has 0 saturated carbocycles. The molecule has 2 atom stereocenters. The van der Waals surface area contributed by atoms with Crippen LogP contribution in [0.2, 0.25) is 0 Å². The van der Waals surface area contributed by atoms with Crippen LogP contribution in [0.5, 0.6) is 0 Å². The van der Waals surface area contributed by atoms with Crippen LogP contribution in [0, 0.1) is 0 Å². The smallest absolute Gasteiger partial charge is 0.242 e. The zero-order valence-electron chi connectivity index (χ0n) is 13.5. The van der Waals surface area contributed by atoms with Gasteiger partial charge >= 0.3 is 0 Å². The average molecular weight is 345 g/mol. The number of hydrogen-bond donors (Lipinski definition) is 2. The van der Waals surface area contributed by atoms with Crippen molar-refractivity contribution < 1.29 is 0 Å². The van der Waals surface area contributed by atoms with Gasteiger partial charge in [0.2, 0.25) is 5.95 Å². The van der Waals surface area contributed by atoms with E-state index < -0.39 is 0 Å². The van der Waals surface area contributed by atoms with Crippen molar-refractivity contribution in [1.82, 2.24) is 25.9 Å². The first-order valence-corrected chi connectivity index (χ1v) is 8.03. The van der Waals surface area contributed by atoms with E-state index in [0.29, 0.717) is 12.1 Å². The summed E-state index contributed by atoms with van der Waals surface area (Å²) in [6, 6.07) is 15.8. The summed E-state index contributed by atoms with van der Waals surface area (Å²) < 4.78 is 0. The number of H-pyrrole nitrogens is 1. The number of benzene rings is 2. The van der Waals surface area contributed by atoms with E-state index in [1.54, 1.807) is 0 Å². The summed E-state index contributed by atoms with van der Waals surface area (Å²) in [7, 11) is 0. The molecule has 1 fully saturated rings. The molecule has 4 rings (SSSR count). The number of rotatable bonds is 4. The highest BCUT2D eigenvalue weighted by Crippen LogP contribution is 2.25. The predicted octanol–water partition coefficient (Wildman–Crippen LogP) is 2.70. The fourth-order valence-corrected chi connectivity index (χ4v) is 3.45. The van der Waals surface area contributed by atoms with Gasteiger partial charge in [-0.2, -0.15) is 0 Å². The highest BCUT2D eigenvalue weighted by molar-refractivity contribution is 5.86. The summed E-state index contributed by atoms with van der Waals surface area (Å²) in [5.41, 5.74) is 1.35. The third kappa shape index (κ3) is 3.20. The zero-order valence-corrected chi connectivity index (χ0v) is 14.3. The maximum Gasteiger partial charge on any atom is 0.242 e. The van der Waals surface area contributed by atoms with E-state index >= 15 is 0 Å². The number of halogens is 1. The van der Waals surface area contributed by atoms with E-state index in [4.69, 9.17) is 0 Å². The van der Waals surface area contributed by atoms with E-state index in [1.807, 2.05) is 0 Å². The van der Waals surface area contributed by atoms with Gasteiger partial charge in [0.1, 0.15) is 0 Å². The lowest BCUT2D eigenvalue weighted by atomic mass is 9.99. The number of aromatic nitrogens is 4. The summed E-state index contributed by atoms with van der Waals surface area (Å²) in [5, 5.41) is 20.5. The van der Waals surface area contributed by atoms with Crippen LogP contribution >= 0.6 is 12.4 Å². The molecular formula is C17H21ClN6. The van der Waals surface area contributed by atoms with Crippen molar-refractivity contribution in [3.05, 3.63) is 48.0 Å². The van der Waals surface area contributed by atoms with Gasteiger partial charge < -0.3 is 10.2 Å². The van der Waals surface area contributed by atoms with Crippen molar-refractivity contribution >= 4 is 29.1 Å². The van der Waals surface area contributed by atoms with Crippen LogP contribution in [0.25, 0.3) is 10.8 Å². The summed E-state index contributed by atoms with van der Waals surface area (Å²) >= 11 is 0. The molecule has 6 nitrogen and oxygen atoms in total. The third-order valence-electron chi connectivity index (χ3n) is 4.60. The molecule has 2 aromatic carbocycles. The van der Waals surface area contributed by atoms with Gasteiger partial charge in [0, 0.05) is 25.2 Å². The Kier molecular flexibility index (Phi) is 4.97. The highest BCUT2D eigenvalue weighted by atomic mass is 35.5. The molecule has 0 aliphatic carbocycles. The van der Waals surface area contributed by atoms with Gasteiger partial charge in [0.05, 0.1) is 0 Å². The Morgan fingerprint density at radius 1 is 1.21 bits per heavy atom. The molecule has 7 heteroatoms. The van der Waals surface area contributed by atoms with Crippen molar-refractivity contribution in [3.63, 3.8) is 0 Å². The van der Waals surface area contributed by atoms with Gasteiger partial charge in [0.15, 0.2) is 0 Å². The molecule has 2 N–H and O–H groups in total. The van der Waals surface area contributed by atoms with Gasteiger partial charge in [-0.3, -0.25) is 0 Å². The van der Waals surface area contributed by atoms with E-state index in [9.17, 15) is 0 Å². The topological polar surface area (TPSA) is 69.7 Å². The lowest BCUT2D eigenvalue weighted by molar-refractivity contribution is 0.483. The fourth-order valence-electron chi connectivity index (χ4n) is 3.45. The second kappa shape index (κ2) is 7.15. The molecule has 24 heavy (non-hydrogen) atoms. The van der Waals surface area contributed by atoms with E-state index in [-0.39, 0.29) is 12.4 Å². The maximum atomic E-state index is 3.99. The second-order valence-corrected chi connectivity index (χ2v) is 6.11. The van der Waals surface area contributed by atoms with Crippen LogP contribution < -0.4 is 10.2 Å². The molecular weight excluding hydrogens is 324 g/mol. The maximum absolute atomic E-state index is 3.99. The van der Waals surface area contributed by atoms with E-state index in [2.05, 4.69) is 80.2 Å². The first-order chi connectivity index (χ1) is 11.3. The molecule has 1 aromatic heterocycles. The van der Waals surface area contributed by atoms with Gasteiger partial charge in [-0.25, -0.2) is 5.10 Å². The van der Waals surface area contributed by atoms with Crippen molar-refractivity contribution in [2.45, 2.75) is 25.4 Å². The molecule has 3 aromatic rings. The first kappa shape index (κ1) is 16.7. The monoisotopic (exact) mass is 344 g/mol. The van der Waals surface area contributed by atoms with Crippen LogP contribution in [0.1, 0.15) is 24.9 Å². The summed E-state index contributed by atoms with van der Waals surface area (Å²) in [5.74, 6) is 0.757. The van der Waals surface area contributed by atoms with Crippen LogP contribution in [-0.4, -0.2) is 39.8 Å². The number of anilines is 1. The molecule has 0 unspecified atom stereocenters.